The van der Waals surface area contributed by atoms with Gasteiger partial charge >= 0.3 is 0 Å². The van der Waals surface area contributed by atoms with E-state index in [9.17, 15) is 4.79 Å². The minimum Gasteiger partial charge on any atom is -0.467 e. The van der Waals surface area contributed by atoms with E-state index in [1.807, 2.05) is 12.1 Å². The first kappa shape index (κ1) is 14.3. The molecule has 1 N–H and O–H groups in total. The first-order chi connectivity index (χ1) is 10.8. The fourth-order valence-electron chi connectivity index (χ4n) is 3.93. The van der Waals surface area contributed by atoms with Crippen LogP contribution >= 0.6 is 0 Å². The molecule has 1 saturated carbocycles. The summed E-state index contributed by atoms with van der Waals surface area (Å²) in [5.41, 5.74) is -0.361. The standard InChI is InChI=1S/C17H24N2O3/c20-16(18-10-14-2-1-8-21-14)17-6-9-22-15(17)5-7-19(12-17)11-13-3-4-13/h1-2,8,13,15H,3-7,9-12H2,(H,18,20)/t15-,17-/m0/s1. The van der Waals surface area contributed by atoms with Crippen molar-refractivity contribution in [2.24, 2.45) is 11.3 Å². The average Bonchev–Trinajstić information content (AvgIpc) is 3.04. The molecular formula is C17H24N2O3. The third-order valence-corrected chi connectivity index (χ3v) is 5.37. The van der Waals surface area contributed by atoms with Crippen LogP contribution in [-0.4, -0.2) is 43.2 Å². The summed E-state index contributed by atoms with van der Waals surface area (Å²) in [6.45, 7) is 4.23. The summed E-state index contributed by atoms with van der Waals surface area (Å²) in [6.07, 6.45) is 6.24. The summed E-state index contributed by atoms with van der Waals surface area (Å²) in [5, 5.41) is 3.07. The van der Waals surface area contributed by atoms with Crippen LogP contribution in [0.4, 0.5) is 0 Å². The Balaban J connectivity index is 1.43. The molecule has 3 fully saturated rings. The molecule has 0 aromatic carbocycles. The van der Waals surface area contributed by atoms with Crippen molar-refractivity contribution >= 4 is 5.91 Å². The lowest BCUT2D eigenvalue weighted by atomic mass is 9.75. The lowest BCUT2D eigenvalue weighted by Gasteiger charge is -2.42. The number of hydrogen-bond donors (Lipinski definition) is 1. The molecule has 22 heavy (non-hydrogen) atoms. The van der Waals surface area contributed by atoms with Gasteiger partial charge in [0.05, 0.1) is 24.3 Å². The van der Waals surface area contributed by atoms with Gasteiger partial charge in [0.15, 0.2) is 0 Å². The molecule has 0 unspecified atom stereocenters. The highest BCUT2D eigenvalue weighted by Gasteiger charge is 2.53. The van der Waals surface area contributed by atoms with Gasteiger partial charge in [-0.1, -0.05) is 0 Å². The Morgan fingerprint density at radius 2 is 2.32 bits per heavy atom. The van der Waals surface area contributed by atoms with Crippen LogP contribution in [0, 0.1) is 11.3 Å². The Kier molecular flexibility index (Phi) is 3.70. The molecule has 2 atom stereocenters. The van der Waals surface area contributed by atoms with E-state index in [4.69, 9.17) is 9.15 Å². The van der Waals surface area contributed by atoms with Gasteiger partial charge < -0.3 is 19.4 Å². The molecule has 120 valence electrons. The number of hydrogen-bond acceptors (Lipinski definition) is 4. The van der Waals surface area contributed by atoms with Gasteiger partial charge in [0.1, 0.15) is 5.76 Å². The molecule has 2 saturated heterocycles. The van der Waals surface area contributed by atoms with E-state index < -0.39 is 0 Å². The fraction of sp³-hybridized carbons (Fsp3) is 0.706. The summed E-state index contributed by atoms with van der Waals surface area (Å²) in [4.78, 5) is 15.4. The number of fused-ring (bicyclic) bond motifs is 1. The van der Waals surface area contributed by atoms with Crippen LogP contribution in [0.5, 0.6) is 0 Å². The molecule has 0 spiro atoms. The van der Waals surface area contributed by atoms with E-state index in [0.29, 0.717) is 13.2 Å². The Morgan fingerprint density at radius 3 is 3.09 bits per heavy atom. The van der Waals surface area contributed by atoms with Gasteiger partial charge in [-0.3, -0.25) is 4.79 Å². The number of carbonyl (C=O) groups is 1. The third-order valence-electron chi connectivity index (χ3n) is 5.37. The number of furan rings is 1. The Bertz CT molecular complexity index is 526. The van der Waals surface area contributed by atoms with Gasteiger partial charge in [-0.15, -0.1) is 0 Å². The number of piperidine rings is 1. The predicted octanol–water partition coefficient (Wildman–Crippen LogP) is 1.79. The van der Waals surface area contributed by atoms with Gasteiger partial charge in [0, 0.05) is 26.2 Å². The molecule has 1 aliphatic carbocycles. The van der Waals surface area contributed by atoms with Gasteiger partial charge in [-0.2, -0.15) is 0 Å². The maximum atomic E-state index is 12.9. The number of nitrogens with zero attached hydrogens (tertiary/aromatic N) is 1. The average molecular weight is 304 g/mol. The van der Waals surface area contributed by atoms with Gasteiger partial charge in [-0.05, 0) is 43.7 Å². The Hall–Kier alpha value is -1.33. The minimum absolute atomic E-state index is 0.0829. The monoisotopic (exact) mass is 304 g/mol. The number of rotatable bonds is 5. The van der Waals surface area contributed by atoms with Crippen LogP contribution in [0.3, 0.4) is 0 Å². The lowest BCUT2D eigenvalue weighted by molar-refractivity contribution is -0.139. The molecule has 2 aliphatic heterocycles. The summed E-state index contributed by atoms with van der Waals surface area (Å²) >= 11 is 0. The van der Waals surface area contributed by atoms with Crippen LogP contribution < -0.4 is 5.32 Å². The topological polar surface area (TPSA) is 54.7 Å². The minimum atomic E-state index is -0.361. The molecule has 1 amide bonds. The molecule has 1 aromatic rings. The summed E-state index contributed by atoms with van der Waals surface area (Å²) in [6, 6.07) is 3.74. The van der Waals surface area contributed by atoms with Crippen molar-refractivity contribution in [1.29, 1.82) is 0 Å². The van der Waals surface area contributed by atoms with Crippen LogP contribution in [-0.2, 0) is 16.1 Å². The van der Waals surface area contributed by atoms with Crippen molar-refractivity contribution in [2.45, 2.75) is 38.3 Å². The van der Waals surface area contributed by atoms with Crippen molar-refractivity contribution in [1.82, 2.24) is 10.2 Å². The van der Waals surface area contributed by atoms with Crippen molar-refractivity contribution in [3.8, 4) is 0 Å². The van der Waals surface area contributed by atoms with E-state index >= 15 is 0 Å². The van der Waals surface area contributed by atoms with Crippen LogP contribution in [0.25, 0.3) is 0 Å². The first-order valence-electron chi connectivity index (χ1n) is 8.41. The second kappa shape index (κ2) is 5.70. The van der Waals surface area contributed by atoms with Crippen molar-refractivity contribution in [2.75, 3.05) is 26.2 Å². The highest BCUT2D eigenvalue weighted by molar-refractivity contribution is 5.84. The molecular weight excluding hydrogens is 280 g/mol. The molecule has 3 aliphatic rings. The first-order valence-corrected chi connectivity index (χ1v) is 8.41. The number of likely N-dealkylation sites (tertiary alicyclic amines) is 1. The van der Waals surface area contributed by atoms with Gasteiger partial charge in [0.25, 0.3) is 0 Å². The summed E-state index contributed by atoms with van der Waals surface area (Å²) in [5.74, 6) is 1.79. The van der Waals surface area contributed by atoms with E-state index in [-0.39, 0.29) is 17.4 Å². The van der Waals surface area contributed by atoms with E-state index in [2.05, 4.69) is 10.2 Å². The van der Waals surface area contributed by atoms with Crippen LogP contribution in [0.15, 0.2) is 22.8 Å². The number of ether oxygens (including phenoxy) is 1. The zero-order valence-corrected chi connectivity index (χ0v) is 12.9. The number of carbonyl (C=O) groups excluding carboxylic acids is 1. The third kappa shape index (κ3) is 2.68. The number of amides is 1. The second-order valence-electron chi connectivity index (χ2n) is 6.99. The summed E-state index contributed by atoms with van der Waals surface area (Å²) in [7, 11) is 0. The Labute approximate surface area is 131 Å². The normalized spacial score (nSPS) is 31.9. The maximum Gasteiger partial charge on any atom is 0.230 e. The second-order valence-corrected chi connectivity index (χ2v) is 6.99. The van der Waals surface area contributed by atoms with Crippen LogP contribution in [0.1, 0.15) is 31.4 Å². The smallest absolute Gasteiger partial charge is 0.230 e. The molecule has 3 heterocycles. The quantitative estimate of drug-likeness (QED) is 0.901. The Morgan fingerprint density at radius 1 is 1.41 bits per heavy atom. The summed E-state index contributed by atoms with van der Waals surface area (Å²) < 4.78 is 11.2. The SMILES string of the molecule is O=C(NCc1ccco1)[C@]12CCO[C@H]1CCN(CC1CC1)C2. The van der Waals surface area contributed by atoms with Gasteiger partial charge in [0.2, 0.25) is 5.91 Å². The van der Waals surface area contributed by atoms with Crippen molar-refractivity contribution in [3.05, 3.63) is 24.2 Å². The molecule has 4 rings (SSSR count). The van der Waals surface area contributed by atoms with Crippen molar-refractivity contribution < 1.29 is 13.9 Å². The van der Waals surface area contributed by atoms with Crippen molar-refractivity contribution in [3.63, 3.8) is 0 Å². The maximum absolute atomic E-state index is 12.9. The highest BCUT2D eigenvalue weighted by Crippen LogP contribution is 2.42. The lowest BCUT2D eigenvalue weighted by Crippen LogP contribution is -2.57. The van der Waals surface area contributed by atoms with Gasteiger partial charge in [-0.25, -0.2) is 0 Å². The molecule has 1 aromatic heterocycles. The molecule has 5 nitrogen and oxygen atoms in total. The molecule has 0 bridgehead atoms. The van der Waals surface area contributed by atoms with E-state index in [1.165, 1.54) is 12.8 Å². The zero-order valence-electron chi connectivity index (χ0n) is 12.9. The van der Waals surface area contributed by atoms with E-state index in [0.717, 1.165) is 44.2 Å². The zero-order chi connectivity index (χ0) is 15.0. The fourth-order valence-corrected chi connectivity index (χ4v) is 3.93. The highest BCUT2D eigenvalue weighted by atomic mass is 16.5. The molecule has 5 heteroatoms. The largest absolute Gasteiger partial charge is 0.467 e. The molecule has 0 radical (unpaired) electrons. The number of nitrogens with one attached hydrogen (secondary N) is 1. The predicted molar refractivity (Wildman–Crippen MR) is 81.1 cm³/mol. The van der Waals surface area contributed by atoms with E-state index in [1.54, 1.807) is 6.26 Å². The van der Waals surface area contributed by atoms with Crippen LogP contribution in [0.2, 0.25) is 0 Å².